The van der Waals surface area contributed by atoms with Gasteiger partial charge in [-0.2, -0.15) is 5.10 Å². The predicted molar refractivity (Wildman–Crippen MR) is 101 cm³/mol. The fourth-order valence-corrected chi connectivity index (χ4v) is 3.75. The van der Waals surface area contributed by atoms with Crippen LogP contribution in [0.25, 0.3) is 22.4 Å². The number of thioether (sulfide) groups is 1. The largest absolute Gasteiger partial charge is 0.259 e. The molecule has 132 valence electrons. The van der Waals surface area contributed by atoms with Crippen molar-refractivity contribution < 1.29 is 4.39 Å². The Kier molecular flexibility index (Phi) is 3.83. The summed E-state index contributed by atoms with van der Waals surface area (Å²) < 4.78 is 16.7. The highest BCUT2D eigenvalue weighted by Crippen LogP contribution is 2.25. The number of hydrogen-bond donors (Lipinski definition) is 0. The molecule has 3 aromatic heterocycles. The Morgan fingerprint density at radius 3 is 2.56 bits per heavy atom. The van der Waals surface area contributed by atoms with Crippen LogP contribution in [0.5, 0.6) is 0 Å². The molecule has 6 nitrogen and oxygen atoms in total. The van der Waals surface area contributed by atoms with Crippen LogP contribution in [0.2, 0.25) is 0 Å². The van der Waals surface area contributed by atoms with Gasteiger partial charge >= 0.3 is 0 Å². The van der Waals surface area contributed by atoms with Gasteiger partial charge in [0.15, 0.2) is 16.5 Å². The summed E-state index contributed by atoms with van der Waals surface area (Å²) in [7, 11) is 0. The zero-order valence-corrected chi connectivity index (χ0v) is 14.8. The molecule has 0 spiro atoms. The third-order valence-corrected chi connectivity index (χ3v) is 5.24. The molecule has 8 heteroatoms. The molecule has 0 fully saturated rings. The van der Waals surface area contributed by atoms with Crippen LogP contribution in [0.15, 0.2) is 72.3 Å². The second kappa shape index (κ2) is 6.48. The van der Waals surface area contributed by atoms with Crippen molar-refractivity contribution in [2.24, 2.45) is 0 Å². The summed E-state index contributed by atoms with van der Waals surface area (Å²) in [6.45, 7) is 0. The average Bonchev–Trinajstić information content (AvgIpc) is 3.32. The van der Waals surface area contributed by atoms with Gasteiger partial charge in [0.1, 0.15) is 12.1 Å². The smallest absolute Gasteiger partial charge is 0.197 e. The Labute approximate surface area is 157 Å². The van der Waals surface area contributed by atoms with Gasteiger partial charge in [-0.05, 0) is 29.8 Å². The third-order valence-electron chi connectivity index (χ3n) is 4.23. The van der Waals surface area contributed by atoms with Gasteiger partial charge < -0.3 is 0 Å². The van der Waals surface area contributed by atoms with Crippen molar-refractivity contribution in [3.63, 3.8) is 0 Å². The van der Waals surface area contributed by atoms with E-state index in [-0.39, 0.29) is 5.82 Å². The van der Waals surface area contributed by atoms with Crippen LogP contribution < -0.4 is 0 Å². The van der Waals surface area contributed by atoms with Crippen LogP contribution >= 0.6 is 11.8 Å². The molecule has 2 aromatic carbocycles. The standard InChI is InChI=1S/C19H13FN6S/c20-14-8-6-13(7-9-14)11-27-19-24-23-18-16-10-22-26(15-4-2-1-3-5-15)17(16)21-12-25(18)19/h1-10,12H,11H2. The van der Waals surface area contributed by atoms with E-state index in [4.69, 9.17) is 0 Å². The van der Waals surface area contributed by atoms with E-state index in [0.29, 0.717) is 11.4 Å². The summed E-state index contributed by atoms with van der Waals surface area (Å²) in [5.74, 6) is 0.432. The Balaban J connectivity index is 1.50. The maximum atomic E-state index is 13.0. The second-order valence-corrected chi connectivity index (χ2v) is 6.91. The normalized spacial score (nSPS) is 11.4. The monoisotopic (exact) mass is 376 g/mol. The van der Waals surface area contributed by atoms with Crippen molar-refractivity contribution in [1.29, 1.82) is 0 Å². The molecule has 5 rings (SSSR count). The maximum absolute atomic E-state index is 13.0. The molecule has 0 aliphatic carbocycles. The lowest BCUT2D eigenvalue weighted by Crippen LogP contribution is -1.98. The van der Waals surface area contributed by atoms with Crippen LogP contribution in [0.4, 0.5) is 4.39 Å². The van der Waals surface area contributed by atoms with Gasteiger partial charge in [0.05, 0.1) is 17.3 Å². The van der Waals surface area contributed by atoms with E-state index in [1.807, 2.05) is 34.7 Å². The molecule has 5 aromatic rings. The fraction of sp³-hybridized carbons (Fsp3) is 0.0526. The first kappa shape index (κ1) is 16.0. The first-order chi connectivity index (χ1) is 13.3. The van der Waals surface area contributed by atoms with Crippen molar-refractivity contribution in [2.45, 2.75) is 10.9 Å². The molecule has 0 aliphatic heterocycles. The molecular formula is C19H13FN6S. The number of aromatic nitrogens is 6. The summed E-state index contributed by atoms with van der Waals surface area (Å²) in [6.07, 6.45) is 3.47. The number of nitrogens with zero attached hydrogens (tertiary/aromatic N) is 6. The van der Waals surface area contributed by atoms with E-state index in [1.54, 1.807) is 29.3 Å². The molecule has 0 saturated heterocycles. The summed E-state index contributed by atoms with van der Waals surface area (Å²) >= 11 is 1.53. The maximum Gasteiger partial charge on any atom is 0.197 e. The average molecular weight is 376 g/mol. The van der Waals surface area contributed by atoms with Gasteiger partial charge in [-0.1, -0.05) is 42.1 Å². The molecule has 27 heavy (non-hydrogen) atoms. The Morgan fingerprint density at radius 2 is 1.74 bits per heavy atom. The highest BCUT2D eigenvalue weighted by Gasteiger charge is 2.14. The van der Waals surface area contributed by atoms with E-state index in [1.165, 1.54) is 23.9 Å². The molecule has 0 radical (unpaired) electrons. The molecular weight excluding hydrogens is 363 g/mol. The van der Waals surface area contributed by atoms with Gasteiger partial charge in [0, 0.05) is 5.75 Å². The van der Waals surface area contributed by atoms with Crippen molar-refractivity contribution in [1.82, 2.24) is 29.4 Å². The summed E-state index contributed by atoms with van der Waals surface area (Å²) in [5.41, 5.74) is 3.40. The van der Waals surface area contributed by atoms with Gasteiger partial charge in [0.2, 0.25) is 0 Å². The summed E-state index contributed by atoms with van der Waals surface area (Å²) in [5, 5.41) is 14.6. The van der Waals surface area contributed by atoms with E-state index in [2.05, 4.69) is 20.3 Å². The number of halogens is 1. The number of hydrogen-bond acceptors (Lipinski definition) is 5. The van der Waals surface area contributed by atoms with Crippen molar-refractivity contribution >= 4 is 28.4 Å². The minimum Gasteiger partial charge on any atom is -0.259 e. The first-order valence-corrected chi connectivity index (χ1v) is 9.28. The van der Waals surface area contributed by atoms with Crippen molar-refractivity contribution in [3.8, 4) is 5.69 Å². The van der Waals surface area contributed by atoms with Crippen molar-refractivity contribution in [2.75, 3.05) is 0 Å². The minimum atomic E-state index is -0.237. The Morgan fingerprint density at radius 1 is 0.926 bits per heavy atom. The highest BCUT2D eigenvalue weighted by molar-refractivity contribution is 7.98. The zero-order valence-electron chi connectivity index (χ0n) is 14.0. The van der Waals surface area contributed by atoms with Gasteiger partial charge in [-0.3, -0.25) is 4.40 Å². The molecule has 0 saturated carbocycles. The number of fused-ring (bicyclic) bond motifs is 3. The molecule has 0 unspecified atom stereocenters. The van der Waals surface area contributed by atoms with Crippen LogP contribution in [0.3, 0.4) is 0 Å². The molecule has 0 bridgehead atoms. The van der Waals surface area contributed by atoms with Gasteiger partial charge in [-0.15, -0.1) is 10.2 Å². The zero-order chi connectivity index (χ0) is 18.2. The number of rotatable bonds is 4. The lowest BCUT2D eigenvalue weighted by molar-refractivity contribution is 0.627. The topological polar surface area (TPSA) is 60.9 Å². The fourth-order valence-electron chi connectivity index (χ4n) is 2.89. The van der Waals surface area contributed by atoms with Crippen LogP contribution in [-0.4, -0.2) is 29.4 Å². The quantitative estimate of drug-likeness (QED) is 0.445. The van der Waals surface area contributed by atoms with Gasteiger partial charge in [0.25, 0.3) is 0 Å². The third kappa shape index (κ3) is 2.83. The van der Waals surface area contributed by atoms with Crippen LogP contribution in [-0.2, 0) is 5.75 Å². The molecule has 0 amide bonds. The SMILES string of the molecule is Fc1ccc(CSc2nnc3c4cnn(-c5ccccc5)c4ncn23)cc1. The molecule has 3 heterocycles. The lowest BCUT2D eigenvalue weighted by atomic mass is 10.2. The molecule has 0 N–H and O–H groups in total. The summed E-state index contributed by atoms with van der Waals surface area (Å²) in [4.78, 5) is 4.57. The number of benzene rings is 2. The van der Waals surface area contributed by atoms with Crippen LogP contribution in [0, 0.1) is 5.82 Å². The lowest BCUT2D eigenvalue weighted by Gasteiger charge is -2.03. The second-order valence-electron chi connectivity index (χ2n) is 5.97. The van der Waals surface area contributed by atoms with E-state index < -0.39 is 0 Å². The number of para-hydroxylation sites is 1. The van der Waals surface area contributed by atoms with Crippen molar-refractivity contribution in [3.05, 3.63) is 78.5 Å². The van der Waals surface area contributed by atoms with E-state index in [0.717, 1.165) is 27.4 Å². The minimum absolute atomic E-state index is 0.237. The van der Waals surface area contributed by atoms with E-state index >= 15 is 0 Å². The highest BCUT2D eigenvalue weighted by atomic mass is 32.2. The summed E-state index contributed by atoms with van der Waals surface area (Å²) in [6, 6.07) is 16.3. The first-order valence-electron chi connectivity index (χ1n) is 8.30. The molecule has 0 aliphatic rings. The predicted octanol–water partition coefficient (Wildman–Crippen LogP) is 3.89. The van der Waals surface area contributed by atoms with E-state index in [9.17, 15) is 4.39 Å². The Bertz CT molecular complexity index is 1230. The van der Waals surface area contributed by atoms with Crippen LogP contribution in [0.1, 0.15) is 5.56 Å². The van der Waals surface area contributed by atoms with Gasteiger partial charge in [-0.25, -0.2) is 14.1 Å². The Hall–Kier alpha value is -3.26. The molecule has 0 atom stereocenters.